The van der Waals surface area contributed by atoms with Gasteiger partial charge in [-0.3, -0.25) is 14.9 Å². The second kappa shape index (κ2) is 8.96. The second-order valence-corrected chi connectivity index (χ2v) is 6.42. The van der Waals surface area contributed by atoms with Gasteiger partial charge in [0.15, 0.2) is 10.9 Å². The maximum absolute atomic E-state index is 12.3. The van der Waals surface area contributed by atoms with Gasteiger partial charge in [0.1, 0.15) is 0 Å². The number of benzene rings is 1. The molecule has 2 N–H and O–H groups in total. The van der Waals surface area contributed by atoms with Crippen LogP contribution in [-0.4, -0.2) is 29.4 Å². The van der Waals surface area contributed by atoms with Gasteiger partial charge in [-0.1, -0.05) is 12.1 Å². The smallest absolute Gasteiger partial charge is 0.340 e. The summed E-state index contributed by atoms with van der Waals surface area (Å²) < 4.78 is 10.0. The molecule has 0 radical (unpaired) electrons. The van der Waals surface area contributed by atoms with E-state index in [9.17, 15) is 14.4 Å². The summed E-state index contributed by atoms with van der Waals surface area (Å²) >= 11 is 1.20. The number of nitrogens with one attached hydrogen (secondary N) is 2. The van der Waals surface area contributed by atoms with Crippen LogP contribution >= 0.6 is 11.3 Å². The molecule has 0 saturated carbocycles. The highest BCUT2D eigenvalue weighted by molar-refractivity contribution is 7.14. The van der Waals surface area contributed by atoms with Gasteiger partial charge in [-0.25, -0.2) is 9.78 Å². The number of hydrogen-bond donors (Lipinski definition) is 2. The summed E-state index contributed by atoms with van der Waals surface area (Å²) in [5.41, 5.74) is 1.14. The van der Waals surface area contributed by atoms with E-state index in [1.807, 2.05) is 0 Å². The fourth-order valence-corrected chi connectivity index (χ4v) is 3.06. The Labute approximate surface area is 164 Å². The number of carbonyl (C=O) groups is 3. The first kappa shape index (κ1) is 19.3. The van der Waals surface area contributed by atoms with Crippen molar-refractivity contribution < 1.29 is 23.5 Å². The molecule has 0 bridgehead atoms. The Bertz CT molecular complexity index is 981. The molecule has 2 heterocycles. The lowest BCUT2D eigenvalue weighted by Crippen LogP contribution is -2.18. The van der Waals surface area contributed by atoms with Gasteiger partial charge in [-0.15, -0.1) is 11.3 Å². The van der Waals surface area contributed by atoms with Crippen molar-refractivity contribution in [2.45, 2.75) is 13.3 Å². The maximum Gasteiger partial charge on any atom is 0.340 e. The predicted molar refractivity (Wildman–Crippen MR) is 104 cm³/mol. The number of furan rings is 1. The van der Waals surface area contributed by atoms with E-state index in [1.165, 1.54) is 23.7 Å². The van der Waals surface area contributed by atoms with Crippen LogP contribution in [0.15, 0.2) is 52.5 Å². The van der Waals surface area contributed by atoms with Gasteiger partial charge in [-0.05, 0) is 31.2 Å². The van der Waals surface area contributed by atoms with E-state index >= 15 is 0 Å². The van der Waals surface area contributed by atoms with E-state index in [2.05, 4.69) is 15.6 Å². The number of aromatic nitrogens is 1. The van der Waals surface area contributed by atoms with Crippen LogP contribution in [0.25, 0.3) is 0 Å². The highest BCUT2D eigenvalue weighted by atomic mass is 32.1. The highest BCUT2D eigenvalue weighted by Crippen LogP contribution is 2.19. The third-order valence-electron chi connectivity index (χ3n) is 3.56. The topological polar surface area (TPSA) is 111 Å². The normalized spacial score (nSPS) is 10.3. The molecule has 2 aromatic heterocycles. The van der Waals surface area contributed by atoms with Crippen molar-refractivity contribution in [3.05, 3.63) is 65.1 Å². The van der Waals surface area contributed by atoms with Crippen LogP contribution in [0.2, 0.25) is 0 Å². The molecule has 0 aliphatic rings. The molecule has 0 fully saturated rings. The lowest BCUT2D eigenvalue weighted by molar-refractivity contribution is -0.115. The van der Waals surface area contributed by atoms with Gasteiger partial charge >= 0.3 is 5.97 Å². The maximum atomic E-state index is 12.3. The first-order valence-corrected chi connectivity index (χ1v) is 9.30. The van der Waals surface area contributed by atoms with Crippen molar-refractivity contribution in [2.75, 3.05) is 17.2 Å². The molecule has 2 amide bonds. The lowest BCUT2D eigenvalue weighted by atomic mass is 10.1. The number of anilines is 2. The molecule has 3 aromatic rings. The van der Waals surface area contributed by atoms with Gasteiger partial charge < -0.3 is 14.5 Å². The quantitative estimate of drug-likeness (QED) is 0.590. The van der Waals surface area contributed by atoms with E-state index in [1.54, 1.807) is 42.6 Å². The van der Waals surface area contributed by atoms with E-state index in [4.69, 9.17) is 9.15 Å². The molecule has 0 atom stereocenters. The summed E-state index contributed by atoms with van der Waals surface area (Å²) in [5.74, 6) is -1.09. The average Bonchev–Trinajstić information content (AvgIpc) is 3.34. The van der Waals surface area contributed by atoms with Crippen molar-refractivity contribution in [2.24, 2.45) is 0 Å². The van der Waals surface area contributed by atoms with Gasteiger partial charge in [-0.2, -0.15) is 0 Å². The SMILES string of the molecule is CCOC(=O)c1ccccc1NC(=O)Cc1csc(NC(=O)c2ccco2)n1. The summed E-state index contributed by atoms with van der Waals surface area (Å²) in [6.45, 7) is 1.95. The van der Waals surface area contributed by atoms with Crippen LogP contribution < -0.4 is 10.6 Å². The molecule has 144 valence electrons. The molecule has 0 aliphatic heterocycles. The molecular weight excluding hydrogens is 382 g/mol. The average molecular weight is 399 g/mol. The molecule has 0 spiro atoms. The number of thiazole rings is 1. The highest BCUT2D eigenvalue weighted by Gasteiger charge is 2.16. The van der Waals surface area contributed by atoms with Gasteiger partial charge in [0.05, 0.1) is 36.2 Å². The third kappa shape index (κ3) is 4.83. The van der Waals surface area contributed by atoms with E-state index in [0.29, 0.717) is 16.5 Å². The lowest BCUT2D eigenvalue weighted by Gasteiger charge is -2.09. The Morgan fingerprint density at radius 3 is 2.71 bits per heavy atom. The summed E-state index contributed by atoms with van der Waals surface area (Å²) in [6.07, 6.45) is 1.39. The van der Waals surface area contributed by atoms with Crippen LogP contribution in [-0.2, 0) is 16.0 Å². The van der Waals surface area contributed by atoms with Crippen LogP contribution in [0.3, 0.4) is 0 Å². The molecular formula is C19H17N3O5S. The van der Waals surface area contributed by atoms with Crippen LogP contribution in [0.5, 0.6) is 0 Å². The Morgan fingerprint density at radius 2 is 1.96 bits per heavy atom. The molecule has 0 aliphatic carbocycles. The Morgan fingerprint density at radius 1 is 1.14 bits per heavy atom. The van der Waals surface area contributed by atoms with Crippen LogP contribution in [0.1, 0.15) is 33.5 Å². The minimum atomic E-state index is -0.505. The Balaban J connectivity index is 1.61. The number of hydrogen-bond acceptors (Lipinski definition) is 7. The van der Waals surface area contributed by atoms with Crippen molar-refractivity contribution >= 4 is 39.9 Å². The van der Waals surface area contributed by atoms with Gasteiger partial charge in [0, 0.05) is 5.38 Å². The fourth-order valence-electron chi connectivity index (χ4n) is 2.35. The van der Waals surface area contributed by atoms with Crippen molar-refractivity contribution in [1.29, 1.82) is 0 Å². The van der Waals surface area contributed by atoms with Gasteiger partial charge in [0.25, 0.3) is 5.91 Å². The van der Waals surface area contributed by atoms with Crippen LogP contribution in [0.4, 0.5) is 10.8 Å². The first-order chi connectivity index (χ1) is 13.6. The summed E-state index contributed by atoms with van der Waals surface area (Å²) in [6, 6.07) is 9.76. The number of amides is 2. The zero-order chi connectivity index (χ0) is 19.9. The predicted octanol–water partition coefficient (Wildman–Crippen LogP) is 3.35. The van der Waals surface area contributed by atoms with Crippen molar-refractivity contribution in [3.63, 3.8) is 0 Å². The fraction of sp³-hybridized carbons (Fsp3) is 0.158. The van der Waals surface area contributed by atoms with E-state index in [0.717, 1.165) is 0 Å². The minimum absolute atomic E-state index is 0.00964. The number of rotatable bonds is 7. The number of para-hydroxylation sites is 1. The summed E-state index contributed by atoms with van der Waals surface area (Å²) in [7, 11) is 0. The van der Waals surface area contributed by atoms with E-state index in [-0.39, 0.29) is 30.3 Å². The molecule has 8 nitrogen and oxygen atoms in total. The second-order valence-electron chi connectivity index (χ2n) is 5.57. The van der Waals surface area contributed by atoms with E-state index < -0.39 is 11.9 Å². The number of nitrogens with zero attached hydrogens (tertiary/aromatic N) is 1. The van der Waals surface area contributed by atoms with Crippen LogP contribution in [0, 0.1) is 0 Å². The molecule has 0 unspecified atom stereocenters. The van der Waals surface area contributed by atoms with Gasteiger partial charge in [0.2, 0.25) is 5.91 Å². The summed E-state index contributed by atoms with van der Waals surface area (Å²) in [5, 5.41) is 7.33. The Hall–Kier alpha value is -3.46. The summed E-state index contributed by atoms with van der Waals surface area (Å²) in [4.78, 5) is 40.5. The number of ether oxygens (including phenoxy) is 1. The first-order valence-electron chi connectivity index (χ1n) is 8.42. The van der Waals surface area contributed by atoms with Crippen molar-refractivity contribution in [3.8, 4) is 0 Å². The number of carbonyl (C=O) groups excluding carboxylic acids is 3. The van der Waals surface area contributed by atoms with Crippen molar-refractivity contribution in [1.82, 2.24) is 4.98 Å². The third-order valence-corrected chi connectivity index (χ3v) is 4.36. The largest absolute Gasteiger partial charge is 0.462 e. The monoisotopic (exact) mass is 399 g/mol. The molecule has 3 rings (SSSR count). The number of esters is 1. The molecule has 1 aromatic carbocycles. The minimum Gasteiger partial charge on any atom is -0.462 e. The zero-order valence-corrected chi connectivity index (χ0v) is 15.7. The zero-order valence-electron chi connectivity index (χ0n) is 14.9. The molecule has 0 saturated heterocycles. The molecule has 9 heteroatoms. The Kier molecular flexibility index (Phi) is 6.18. The standard InChI is InChI=1S/C19H17N3O5S/c1-2-26-18(25)13-6-3-4-7-14(13)21-16(23)10-12-11-28-19(20-12)22-17(24)15-8-5-9-27-15/h3-9,11H,2,10H2,1H3,(H,21,23)(H,20,22,24). The molecule has 28 heavy (non-hydrogen) atoms.